The zero-order valence-corrected chi connectivity index (χ0v) is 17.0. The molecule has 1 aromatic heterocycles. The van der Waals surface area contributed by atoms with Crippen molar-refractivity contribution in [2.75, 3.05) is 28.7 Å². The topological polar surface area (TPSA) is 69.3 Å². The van der Waals surface area contributed by atoms with Gasteiger partial charge >= 0.3 is 6.03 Å². The Morgan fingerprint density at radius 1 is 1.19 bits per heavy atom. The second-order valence-corrected chi connectivity index (χ2v) is 8.05. The highest BCUT2D eigenvalue weighted by atomic mass is 32.1. The second-order valence-electron chi connectivity index (χ2n) is 7.15. The predicted octanol–water partition coefficient (Wildman–Crippen LogP) is 4.72. The van der Waals surface area contributed by atoms with Crippen LogP contribution in [0.4, 0.5) is 21.3 Å². The highest BCUT2D eigenvalue weighted by Gasteiger charge is 2.20. The van der Waals surface area contributed by atoms with Gasteiger partial charge in [0.2, 0.25) is 0 Å². The number of benzene rings is 1. The normalized spacial score (nSPS) is 11.0. The fraction of sp³-hybridized carbons (Fsp3) is 0.474. The summed E-state index contributed by atoms with van der Waals surface area (Å²) in [6, 6.07) is 5.79. The molecule has 26 heavy (non-hydrogen) atoms. The standard InChI is InChI=1S/C19H29N5OS/c1-13(2)11-21-16-10-15(5)6-7-17(16)24(22-12-14(3)4)19(25)23-18-20-8-9-26-18/h6-10,13-14,21-22H,11-12H2,1-5H3,(H,20,23,25). The molecule has 1 aromatic carbocycles. The van der Waals surface area contributed by atoms with E-state index in [-0.39, 0.29) is 6.03 Å². The molecule has 0 spiro atoms. The molecular formula is C19H29N5OS. The molecule has 7 heteroatoms. The van der Waals surface area contributed by atoms with Crippen molar-refractivity contribution in [2.45, 2.75) is 34.6 Å². The van der Waals surface area contributed by atoms with Gasteiger partial charge in [-0.25, -0.2) is 20.2 Å². The van der Waals surface area contributed by atoms with E-state index in [9.17, 15) is 4.79 Å². The van der Waals surface area contributed by atoms with Crippen LogP contribution in [0.5, 0.6) is 0 Å². The number of anilines is 3. The molecule has 142 valence electrons. The molecule has 2 amide bonds. The number of urea groups is 1. The van der Waals surface area contributed by atoms with Crippen molar-refractivity contribution in [3.05, 3.63) is 35.3 Å². The molecule has 1 heterocycles. The van der Waals surface area contributed by atoms with Gasteiger partial charge in [-0.05, 0) is 36.5 Å². The minimum atomic E-state index is -0.253. The lowest BCUT2D eigenvalue weighted by molar-refractivity contribution is 0.254. The number of nitrogens with one attached hydrogen (secondary N) is 3. The van der Waals surface area contributed by atoms with E-state index in [1.165, 1.54) is 11.3 Å². The number of hydrazine groups is 1. The van der Waals surface area contributed by atoms with E-state index in [2.05, 4.69) is 54.8 Å². The van der Waals surface area contributed by atoms with Crippen LogP contribution in [0.2, 0.25) is 0 Å². The van der Waals surface area contributed by atoms with Crippen molar-refractivity contribution in [3.63, 3.8) is 0 Å². The quantitative estimate of drug-likeness (QED) is 0.584. The molecule has 0 radical (unpaired) electrons. The molecule has 0 aliphatic rings. The molecule has 0 atom stereocenters. The van der Waals surface area contributed by atoms with E-state index in [1.54, 1.807) is 11.2 Å². The van der Waals surface area contributed by atoms with Crippen molar-refractivity contribution < 1.29 is 4.79 Å². The number of hydrogen-bond donors (Lipinski definition) is 3. The van der Waals surface area contributed by atoms with E-state index < -0.39 is 0 Å². The van der Waals surface area contributed by atoms with Crippen LogP contribution in [-0.4, -0.2) is 24.1 Å². The average molecular weight is 376 g/mol. The Morgan fingerprint density at radius 3 is 2.54 bits per heavy atom. The Labute approximate surface area is 160 Å². The monoisotopic (exact) mass is 375 g/mol. The number of carbonyl (C=O) groups excluding carboxylic acids is 1. The molecule has 0 saturated heterocycles. The third-order valence-electron chi connectivity index (χ3n) is 3.60. The fourth-order valence-corrected chi connectivity index (χ4v) is 2.79. The Kier molecular flexibility index (Phi) is 7.41. The van der Waals surface area contributed by atoms with Gasteiger partial charge < -0.3 is 5.32 Å². The van der Waals surface area contributed by atoms with Gasteiger partial charge in [0.25, 0.3) is 0 Å². The summed E-state index contributed by atoms with van der Waals surface area (Å²) in [5.74, 6) is 0.910. The molecular weight excluding hydrogens is 346 g/mol. The van der Waals surface area contributed by atoms with E-state index in [0.29, 0.717) is 23.5 Å². The van der Waals surface area contributed by atoms with Crippen LogP contribution in [0, 0.1) is 18.8 Å². The lowest BCUT2D eigenvalue weighted by Crippen LogP contribution is -2.47. The summed E-state index contributed by atoms with van der Waals surface area (Å²) >= 11 is 1.40. The molecule has 0 bridgehead atoms. The molecule has 0 fully saturated rings. The molecule has 0 saturated carbocycles. The highest BCUT2D eigenvalue weighted by Crippen LogP contribution is 2.27. The number of hydrogen-bond acceptors (Lipinski definition) is 5. The number of aryl methyl sites for hydroxylation is 1. The number of amides is 2. The van der Waals surface area contributed by atoms with Crippen LogP contribution < -0.4 is 21.1 Å². The van der Waals surface area contributed by atoms with E-state index in [0.717, 1.165) is 23.5 Å². The number of carbonyl (C=O) groups is 1. The first-order valence-corrected chi connectivity index (χ1v) is 9.83. The van der Waals surface area contributed by atoms with Crippen molar-refractivity contribution in [3.8, 4) is 0 Å². The Hall–Kier alpha value is -2.12. The maximum absolute atomic E-state index is 12.9. The van der Waals surface area contributed by atoms with Gasteiger partial charge in [0.05, 0.1) is 11.4 Å². The number of nitrogens with zero attached hydrogens (tertiary/aromatic N) is 2. The molecule has 0 unspecified atom stereocenters. The first-order chi connectivity index (χ1) is 12.4. The number of aromatic nitrogens is 1. The van der Waals surface area contributed by atoms with Gasteiger partial charge in [-0.3, -0.25) is 5.32 Å². The van der Waals surface area contributed by atoms with Gasteiger partial charge in [0, 0.05) is 24.7 Å². The van der Waals surface area contributed by atoms with E-state index in [1.807, 2.05) is 24.4 Å². The minimum Gasteiger partial charge on any atom is -0.383 e. The summed E-state index contributed by atoms with van der Waals surface area (Å²) in [6.07, 6.45) is 1.67. The van der Waals surface area contributed by atoms with Crippen LogP contribution in [0.1, 0.15) is 33.3 Å². The lowest BCUT2D eigenvalue weighted by atomic mass is 10.1. The van der Waals surface area contributed by atoms with Gasteiger partial charge in [0.15, 0.2) is 5.13 Å². The molecule has 3 N–H and O–H groups in total. The van der Waals surface area contributed by atoms with Crippen LogP contribution in [0.25, 0.3) is 0 Å². The van der Waals surface area contributed by atoms with Crippen LogP contribution >= 0.6 is 11.3 Å². The highest BCUT2D eigenvalue weighted by molar-refractivity contribution is 7.13. The smallest absolute Gasteiger partial charge is 0.342 e. The Morgan fingerprint density at radius 2 is 1.92 bits per heavy atom. The predicted molar refractivity (Wildman–Crippen MR) is 111 cm³/mol. The summed E-state index contributed by atoms with van der Waals surface area (Å²) in [6.45, 7) is 12.1. The van der Waals surface area contributed by atoms with Crippen molar-refractivity contribution in [1.29, 1.82) is 0 Å². The molecule has 2 rings (SSSR count). The third kappa shape index (κ3) is 6.00. The summed E-state index contributed by atoms with van der Waals surface area (Å²) in [7, 11) is 0. The largest absolute Gasteiger partial charge is 0.383 e. The van der Waals surface area contributed by atoms with Crippen LogP contribution in [0.3, 0.4) is 0 Å². The molecule has 0 aliphatic carbocycles. The molecule has 2 aromatic rings. The van der Waals surface area contributed by atoms with Crippen LogP contribution in [-0.2, 0) is 0 Å². The Balaban J connectivity index is 2.29. The second kappa shape index (κ2) is 9.54. The SMILES string of the molecule is Cc1ccc(N(NCC(C)C)C(=O)Nc2nccs2)c(NCC(C)C)c1. The summed E-state index contributed by atoms with van der Waals surface area (Å²) in [5.41, 5.74) is 6.13. The van der Waals surface area contributed by atoms with Crippen molar-refractivity contribution in [1.82, 2.24) is 10.4 Å². The zero-order chi connectivity index (χ0) is 19.1. The molecule has 0 aliphatic heterocycles. The minimum absolute atomic E-state index is 0.253. The van der Waals surface area contributed by atoms with Gasteiger partial charge in [-0.15, -0.1) is 11.3 Å². The first-order valence-electron chi connectivity index (χ1n) is 8.95. The van der Waals surface area contributed by atoms with Gasteiger partial charge in [-0.1, -0.05) is 33.8 Å². The first kappa shape index (κ1) is 20.2. The average Bonchev–Trinajstić information content (AvgIpc) is 3.07. The Bertz CT molecular complexity index is 700. The number of rotatable bonds is 8. The summed E-state index contributed by atoms with van der Waals surface area (Å²) < 4.78 is 0. The number of thiazole rings is 1. The molecule has 6 nitrogen and oxygen atoms in total. The summed E-state index contributed by atoms with van der Waals surface area (Å²) in [4.78, 5) is 17.0. The van der Waals surface area contributed by atoms with Crippen LogP contribution in [0.15, 0.2) is 29.8 Å². The lowest BCUT2D eigenvalue weighted by Gasteiger charge is -2.27. The van der Waals surface area contributed by atoms with E-state index >= 15 is 0 Å². The zero-order valence-electron chi connectivity index (χ0n) is 16.2. The fourth-order valence-electron chi connectivity index (χ4n) is 2.27. The summed E-state index contributed by atoms with van der Waals surface area (Å²) in [5, 5.41) is 10.3. The van der Waals surface area contributed by atoms with Crippen molar-refractivity contribution in [2.24, 2.45) is 11.8 Å². The third-order valence-corrected chi connectivity index (χ3v) is 4.29. The maximum Gasteiger partial charge on any atom is 0.342 e. The van der Waals surface area contributed by atoms with Gasteiger partial charge in [-0.2, -0.15) is 0 Å². The van der Waals surface area contributed by atoms with E-state index in [4.69, 9.17) is 0 Å². The van der Waals surface area contributed by atoms with Crippen molar-refractivity contribution >= 4 is 33.9 Å². The maximum atomic E-state index is 12.9. The van der Waals surface area contributed by atoms with Gasteiger partial charge in [0.1, 0.15) is 0 Å².